The zero-order valence-corrected chi connectivity index (χ0v) is 11.2. The van der Waals surface area contributed by atoms with Gasteiger partial charge in [-0.3, -0.25) is 9.59 Å². The molecule has 1 aromatic rings. The van der Waals surface area contributed by atoms with Gasteiger partial charge in [0.1, 0.15) is 6.54 Å². The predicted molar refractivity (Wildman–Crippen MR) is 68.1 cm³/mol. The van der Waals surface area contributed by atoms with Gasteiger partial charge in [0.15, 0.2) is 0 Å². The third kappa shape index (κ3) is 3.44. The Morgan fingerprint density at radius 2 is 1.94 bits per heavy atom. The van der Waals surface area contributed by atoms with Crippen LogP contribution in [0, 0.1) is 0 Å². The van der Waals surface area contributed by atoms with E-state index >= 15 is 0 Å². The summed E-state index contributed by atoms with van der Waals surface area (Å²) in [6.45, 7) is 6.25. The van der Waals surface area contributed by atoms with Crippen molar-refractivity contribution in [3.8, 4) is 0 Å². The molecule has 0 aliphatic carbocycles. The molecule has 0 spiro atoms. The largest absolute Gasteiger partial charge is 0.347 e. The van der Waals surface area contributed by atoms with Crippen LogP contribution in [-0.2, 0) is 16.8 Å². The summed E-state index contributed by atoms with van der Waals surface area (Å²) >= 11 is 0. The standard InChI is InChI=1S/C13H20N2O2/c1-13(2,3)10-6-7-15(11(16)8-10)9-12(17)14(4)5/h6-8H,9H2,1-5H3. The van der Waals surface area contributed by atoms with E-state index in [4.69, 9.17) is 0 Å². The summed E-state index contributed by atoms with van der Waals surface area (Å²) in [7, 11) is 3.35. The number of amides is 1. The second-order valence-electron chi connectivity index (χ2n) is 5.42. The minimum Gasteiger partial charge on any atom is -0.347 e. The zero-order valence-electron chi connectivity index (χ0n) is 11.2. The first-order valence-electron chi connectivity index (χ1n) is 5.63. The summed E-state index contributed by atoms with van der Waals surface area (Å²) in [6.07, 6.45) is 1.68. The lowest BCUT2D eigenvalue weighted by Crippen LogP contribution is -2.31. The molecule has 0 saturated carbocycles. The SMILES string of the molecule is CN(C)C(=O)Cn1ccc(C(C)(C)C)cc1=O. The van der Waals surface area contributed by atoms with Crippen molar-refractivity contribution in [2.45, 2.75) is 32.7 Å². The first kappa shape index (κ1) is 13.5. The Balaban J connectivity index is 3.00. The van der Waals surface area contributed by atoms with Gasteiger partial charge in [0.05, 0.1) is 0 Å². The average Bonchev–Trinajstić information content (AvgIpc) is 2.19. The smallest absolute Gasteiger partial charge is 0.251 e. The first-order chi connectivity index (χ1) is 7.71. The highest BCUT2D eigenvalue weighted by molar-refractivity contribution is 5.75. The molecule has 0 saturated heterocycles. The topological polar surface area (TPSA) is 42.3 Å². The second kappa shape index (κ2) is 4.73. The average molecular weight is 236 g/mol. The summed E-state index contributed by atoms with van der Waals surface area (Å²) in [5.41, 5.74) is 0.799. The molecule has 0 unspecified atom stereocenters. The van der Waals surface area contributed by atoms with E-state index in [0.29, 0.717) is 0 Å². The first-order valence-corrected chi connectivity index (χ1v) is 5.63. The van der Waals surface area contributed by atoms with E-state index in [1.165, 1.54) is 9.47 Å². The Hall–Kier alpha value is -1.58. The third-order valence-electron chi connectivity index (χ3n) is 2.67. The Morgan fingerprint density at radius 3 is 2.35 bits per heavy atom. The summed E-state index contributed by atoms with van der Waals surface area (Å²) < 4.78 is 1.43. The van der Waals surface area contributed by atoms with Crippen LogP contribution >= 0.6 is 0 Å². The van der Waals surface area contributed by atoms with Crippen molar-refractivity contribution in [2.75, 3.05) is 14.1 Å². The highest BCUT2D eigenvalue weighted by Crippen LogP contribution is 2.19. The Bertz CT molecular complexity index is 467. The van der Waals surface area contributed by atoms with Gasteiger partial charge < -0.3 is 9.47 Å². The van der Waals surface area contributed by atoms with Crippen LogP contribution in [0.5, 0.6) is 0 Å². The molecule has 0 atom stereocenters. The predicted octanol–water partition coefficient (Wildman–Crippen LogP) is 1.23. The molecular weight excluding hydrogens is 216 g/mol. The number of hydrogen-bond donors (Lipinski definition) is 0. The molecule has 17 heavy (non-hydrogen) atoms. The van der Waals surface area contributed by atoms with Crippen LogP contribution in [0.4, 0.5) is 0 Å². The van der Waals surface area contributed by atoms with E-state index in [1.807, 2.05) is 6.07 Å². The Labute approximate surface area is 102 Å². The molecule has 4 heteroatoms. The highest BCUT2D eigenvalue weighted by Gasteiger charge is 2.15. The zero-order chi connectivity index (χ0) is 13.2. The molecule has 1 aromatic heterocycles. The van der Waals surface area contributed by atoms with Crippen LogP contribution < -0.4 is 5.56 Å². The minimum absolute atomic E-state index is 0.0518. The van der Waals surface area contributed by atoms with Crippen molar-refractivity contribution in [2.24, 2.45) is 0 Å². The van der Waals surface area contributed by atoms with Crippen molar-refractivity contribution in [3.05, 3.63) is 34.2 Å². The molecule has 4 nitrogen and oxygen atoms in total. The molecule has 0 bridgehead atoms. The molecule has 0 aliphatic rings. The number of aromatic nitrogens is 1. The summed E-state index contributed by atoms with van der Waals surface area (Å²) in [5, 5.41) is 0. The Kier molecular flexibility index (Phi) is 3.76. The van der Waals surface area contributed by atoms with Crippen LogP contribution in [0.15, 0.2) is 23.1 Å². The quantitative estimate of drug-likeness (QED) is 0.775. The number of hydrogen-bond acceptors (Lipinski definition) is 2. The monoisotopic (exact) mass is 236 g/mol. The number of carbonyl (C=O) groups is 1. The van der Waals surface area contributed by atoms with Crippen LogP contribution in [0.2, 0.25) is 0 Å². The van der Waals surface area contributed by atoms with Crippen LogP contribution in [0.3, 0.4) is 0 Å². The van der Waals surface area contributed by atoms with Crippen LogP contribution in [0.1, 0.15) is 26.3 Å². The van der Waals surface area contributed by atoms with E-state index in [0.717, 1.165) is 5.56 Å². The highest BCUT2D eigenvalue weighted by atomic mass is 16.2. The van der Waals surface area contributed by atoms with E-state index in [9.17, 15) is 9.59 Å². The number of rotatable bonds is 2. The molecule has 0 fully saturated rings. The van der Waals surface area contributed by atoms with Crippen molar-refractivity contribution in [3.63, 3.8) is 0 Å². The molecule has 94 valence electrons. The minimum atomic E-state index is -0.132. The van der Waals surface area contributed by atoms with Gasteiger partial charge in [0.2, 0.25) is 5.91 Å². The van der Waals surface area contributed by atoms with Gasteiger partial charge in [0, 0.05) is 26.4 Å². The van der Waals surface area contributed by atoms with Gasteiger partial charge in [0.25, 0.3) is 5.56 Å². The van der Waals surface area contributed by atoms with Crippen molar-refractivity contribution < 1.29 is 4.79 Å². The molecular formula is C13H20N2O2. The summed E-state index contributed by atoms with van der Waals surface area (Å²) in [4.78, 5) is 24.8. The number of nitrogens with zero attached hydrogens (tertiary/aromatic N) is 2. The van der Waals surface area contributed by atoms with E-state index in [2.05, 4.69) is 20.8 Å². The lowest BCUT2D eigenvalue weighted by molar-refractivity contribution is -0.129. The number of pyridine rings is 1. The fourth-order valence-electron chi connectivity index (χ4n) is 1.39. The molecule has 1 heterocycles. The second-order valence-corrected chi connectivity index (χ2v) is 5.42. The fraction of sp³-hybridized carbons (Fsp3) is 0.538. The third-order valence-corrected chi connectivity index (χ3v) is 2.67. The molecule has 0 radical (unpaired) electrons. The molecule has 0 aromatic carbocycles. The normalized spacial score (nSPS) is 11.4. The van der Waals surface area contributed by atoms with Gasteiger partial charge in [-0.25, -0.2) is 0 Å². The van der Waals surface area contributed by atoms with E-state index in [1.54, 1.807) is 26.4 Å². The maximum absolute atomic E-state index is 11.8. The summed E-state index contributed by atoms with van der Waals surface area (Å²) in [6, 6.07) is 3.49. The fourth-order valence-corrected chi connectivity index (χ4v) is 1.39. The van der Waals surface area contributed by atoms with Crippen LogP contribution in [0.25, 0.3) is 0 Å². The lowest BCUT2D eigenvalue weighted by atomic mass is 9.88. The molecule has 0 N–H and O–H groups in total. The summed E-state index contributed by atoms with van der Waals surface area (Å²) in [5.74, 6) is -0.0874. The van der Waals surface area contributed by atoms with E-state index in [-0.39, 0.29) is 23.4 Å². The van der Waals surface area contributed by atoms with Crippen molar-refractivity contribution in [1.82, 2.24) is 9.47 Å². The Morgan fingerprint density at radius 1 is 1.35 bits per heavy atom. The van der Waals surface area contributed by atoms with Crippen molar-refractivity contribution >= 4 is 5.91 Å². The maximum Gasteiger partial charge on any atom is 0.251 e. The molecule has 0 aliphatic heterocycles. The molecule has 1 rings (SSSR count). The van der Waals surface area contributed by atoms with Gasteiger partial charge in [-0.05, 0) is 17.0 Å². The molecule has 1 amide bonds. The number of likely N-dealkylation sites (N-methyl/N-ethyl adjacent to an activating group) is 1. The van der Waals surface area contributed by atoms with Crippen molar-refractivity contribution in [1.29, 1.82) is 0 Å². The van der Waals surface area contributed by atoms with E-state index < -0.39 is 0 Å². The lowest BCUT2D eigenvalue weighted by Gasteiger charge is -2.19. The van der Waals surface area contributed by atoms with Gasteiger partial charge in [-0.15, -0.1) is 0 Å². The van der Waals surface area contributed by atoms with Gasteiger partial charge in [-0.1, -0.05) is 20.8 Å². The van der Waals surface area contributed by atoms with Gasteiger partial charge in [-0.2, -0.15) is 0 Å². The van der Waals surface area contributed by atoms with Crippen LogP contribution in [-0.4, -0.2) is 29.5 Å². The number of carbonyl (C=O) groups excluding carboxylic acids is 1. The van der Waals surface area contributed by atoms with Gasteiger partial charge >= 0.3 is 0 Å². The maximum atomic E-state index is 11.8.